The first-order valence-corrected chi connectivity index (χ1v) is 3.21. The number of nitrogens with zero attached hydrogens (tertiary/aromatic N) is 1. The van der Waals surface area contributed by atoms with Crippen molar-refractivity contribution in [3.8, 4) is 0 Å². The van der Waals surface area contributed by atoms with Gasteiger partial charge in [0.05, 0.1) is 0 Å². The molecule has 1 N–H and O–H groups in total. The molecule has 0 unspecified atom stereocenters. The maximum absolute atomic E-state index is 10.8. The van der Waals surface area contributed by atoms with Crippen LogP contribution in [0.2, 0.25) is 0 Å². The molecule has 1 fully saturated rings. The van der Waals surface area contributed by atoms with E-state index in [1.807, 2.05) is 0 Å². The summed E-state index contributed by atoms with van der Waals surface area (Å²) < 4.78 is 0. The first kappa shape index (κ1) is 6.99. The van der Waals surface area contributed by atoms with Crippen LogP contribution in [0.4, 0.5) is 0 Å². The zero-order valence-electron chi connectivity index (χ0n) is 6.14. The van der Waals surface area contributed by atoms with Gasteiger partial charge in [-0.3, -0.25) is 5.43 Å². The molecule has 0 heterocycles. The van der Waals surface area contributed by atoms with Crippen molar-refractivity contribution in [2.75, 3.05) is 7.05 Å². The highest BCUT2D eigenvalue weighted by Gasteiger charge is 2.46. The molecule has 54 valence electrons. The normalized spacial score (nSPS) is 31.0. The zero-order valence-corrected chi connectivity index (χ0v) is 6.14. The molecule has 0 aliphatic heterocycles. The molecule has 0 aromatic carbocycles. The maximum Gasteiger partial charge on any atom is 0.0165 e. The van der Waals surface area contributed by atoms with Crippen molar-refractivity contribution in [2.45, 2.75) is 26.3 Å². The van der Waals surface area contributed by atoms with Gasteiger partial charge in [0.15, 0.2) is 0 Å². The zero-order chi connectivity index (χ0) is 7.07. The van der Waals surface area contributed by atoms with Crippen molar-refractivity contribution >= 4 is 0 Å². The lowest BCUT2D eigenvalue weighted by Gasteiger charge is -2.28. The predicted molar refractivity (Wildman–Crippen MR) is 36.5 cm³/mol. The van der Waals surface area contributed by atoms with Gasteiger partial charge in [0.25, 0.3) is 0 Å². The second kappa shape index (κ2) is 1.94. The third-order valence-electron chi connectivity index (χ3n) is 1.96. The van der Waals surface area contributed by atoms with Crippen LogP contribution >= 0.6 is 0 Å². The average molecular weight is 129 g/mol. The molecule has 9 heavy (non-hydrogen) atoms. The minimum Gasteiger partial charge on any atom is -0.771 e. The number of hydrogen-bond donors (Lipinski definition) is 1. The summed E-state index contributed by atoms with van der Waals surface area (Å²) in [6.07, 6.45) is 1.01. The van der Waals surface area contributed by atoms with E-state index in [-0.39, 0.29) is 11.5 Å². The summed E-state index contributed by atoms with van der Waals surface area (Å²) in [6, 6.07) is 0.197. The summed E-state index contributed by atoms with van der Waals surface area (Å²) in [7, 11) is 1.65. The lowest BCUT2D eigenvalue weighted by molar-refractivity contribution is 0.258. The summed E-state index contributed by atoms with van der Waals surface area (Å²) in [4.78, 5) is 0. The molecule has 1 aliphatic rings. The Hall–Kier alpha value is -0.120. The van der Waals surface area contributed by atoms with E-state index in [0.29, 0.717) is 0 Å². The lowest BCUT2D eigenvalue weighted by atomic mass is 10.2. The van der Waals surface area contributed by atoms with Gasteiger partial charge in [-0.25, -0.2) is 0 Å². The minimum atomic E-state index is 0.197. The number of nitrogens with one attached hydrogen (secondary N) is 1. The fourth-order valence-electron chi connectivity index (χ4n) is 0.996. The van der Waals surface area contributed by atoms with Crippen molar-refractivity contribution in [2.24, 2.45) is 5.41 Å². The highest BCUT2D eigenvalue weighted by atomic mass is 16.5. The fourth-order valence-corrected chi connectivity index (χ4v) is 0.996. The largest absolute Gasteiger partial charge is 0.771 e. The highest BCUT2D eigenvalue weighted by molar-refractivity contribution is 5.01. The molecule has 1 rings (SSSR count). The maximum atomic E-state index is 10.8. The minimum absolute atomic E-state index is 0.197. The Morgan fingerprint density at radius 1 is 1.67 bits per heavy atom. The summed E-state index contributed by atoms with van der Waals surface area (Å²) in [5.74, 6) is 0. The van der Waals surface area contributed by atoms with Crippen molar-refractivity contribution in [1.82, 2.24) is 10.6 Å². The third-order valence-corrected chi connectivity index (χ3v) is 1.96. The van der Waals surface area contributed by atoms with Crippen LogP contribution in [-0.2, 0) is 0 Å². The van der Waals surface area contributed by atoms with Gasteiger partial charge < -0.3 is 10.4 Å². The van der Waals surface area contributed by atoms with Crippen LogP contribution in [0.15, 0.2) is 0 Å². The van der Waals surface area contributed by atoms with Gasteiger partial charge in [-0.15, -0.1) is 0 Å². The second-order valence-corrected chi connectivity index (χ2v) is 3.26. The van der Waals surface area contributed by atoms with E-state index in [2.05, 4.69) is 19.3 Å². The van der Waals surface area contributed by atoms with Crippen molar-refractivity contribution < 1.29 is 0 Å². The first-order valence-electron chi connectivity index (χ1n) is 3.21. The summed E-state index contributed by atoms with van der Waals surface area (Å²) in [6.45, 7) is 4.19. The van der Waals surface area contributed by atoms with Gasteiger partial charge >= 0.3 is 0 Å². The van der Waals surface area contributed by atoms with Crippen LogP contribution in [-0.4, -0.2) is 18.3 Å². The molecule has 0 spiro atoms. The Bertz CT molecular complexity index is 114. The molecular formula is C6H13N2O-. The van der Waals surface area contributed by atoms with E-state index < -0.39 is 0 Å². The van der Waals surface area contributed by atoms with Gasteiger partial charge in [-0.2, -0.15) is 0 Å². The topological polar surface area (TPSA) is 38.3 Å². The average Bonchev–Trinajstić information content (AvgIpc) is 2.38. The van der Waals surface area contributed by atoms with E-state index in [9.17, 15) is 5.21 Å². The first-order chi connectivity index (χ1) is 4.08. The molecular weight excluding hydrogens is 116 g/mol. The van der Waals surface area contributed by atoms with Crippen LogP contribution in [0.5, 0.6) is 0 Å². The standard InChI is InChI=1S/C6H13N2O/c1-6(2)4-5(6)8(9)7-3/h5,7H,4H2,1-3H3/q-1/t5-/m0/s1. The quantitative estimate of drug-likeness (QED) is 0.558. The van der Waals surface area contributed by atoms with E-state index in [4.69, 9.17) is 0 Å². The van der Waals surface area contributed by atoms with Gasteiger partial charge in [0, 0.05) is 6.04 Å². The summed E-state index contributed by atoms with van der Waals surface area (Å²) >= 11 is 0. The predicted octanol–water partition coefficient (Wildman–Crippen LogP) is 0.719. The molecule has 0 radical (unpaired) electrons. The van der Waals surface area contributed by atoms with Crippen LogP contribution < -0.4 is 5.43 Å². The molecule has 0 aromatic heterocycles. The smallest absolute Gasteiger partial charge is 0.0165 e. The SMILES string of the molecule is CNN([O-])[C@H]1CC1(C)C. The molecule has 0 saturated heterocycles. The van der Waals surface area contributed by atoms with Crippen molar-refractivity contribution in [1.29, 1.82) is 0 Å². The summed E-state index contributed by atoms with van der Waals surface area (Å²) in [5, 5.41) is 11.7. The van der Waals surface area contributed by atoms with Gasteiger partial charge in [0.1, 0.15) is 0 Å². The highest BCUT2D eigenvalue weighted by Crippen LogP contribution is 2.47. The Morgan fingerprint density at radius 2 is 2.11 bits per heavy atom. The third kappa shape index (κ3) is 1.23. The monoisotopic (exact) mass is 129 g/mol. The van der Waals surface area contributed by atoms with Crippen molar-refractivity contribution in [3.63, 3.8) is 0 Å². The van der Waals surface area contributed by atoms with Gasteiger partial charge in [-0.1, -0.05) is 13.8 Å². The molecule has 3 heteroatoms. The molecule has 0 amide bonds. The van der Waals surface area contributed by atoms with Crippen LogP contribution in [0.25, 0.3) is 0 Å². The van der Waals surface area contributed by atoms with E-state index in [1.165, 1.54) is 0 Å². The molecule has 1 saturated carbocycles. The van der Waals surface area contributed by atoms with E-state index in [0.717, 1.165) is 11.6 Å². The molecule has 0 bridgehead atoms. The van der Waals surface area contributed by atoms with Crippen LogP contribution in [0, 0.1) is 10.6 Å². The second-order valence-electron chi connectivity index (χ2n) is 3.26. The van der Waals surface area contributed by atoms with Gasteiger partial charge in [0.2, 0.25) is 0 Å². The Morgan fingerprint density at radius 3 is 2.22 bits per heavy atom. The van der Waals surface area contributed by atoms with Crippen LogP contribution in [0.1, 0.15) is 20.3 Å². The Kier molecular flexibility index (Phi) is 1.50. The lowest BCUT2D eigenvalue weighted by Crippen LogP contribution is -2.33. The van der Waals surface area contributed by atoms with E-state index >= 15 is 0 Å². The number of hydrazine groups is 1. The van der Waals surface area contributed by atoms with Crippen molar-refractivity contribution in [3.05, 3.63) is 5.21 Å². The summed E-state index contributed by atoms with van der Waals surface area (Å²) in [5.41, 5.74) is 2.80. The molecule has 3 nitrogen and oxygen atoms in total. The molecule has 1 aliphatic carbocycles. The molecule has 1 atom stereocenters. The number of hydrogen-bond acceptors (Lipinski definition) is 3. The van der Waals surface area contributed by atoms with Gasteiger partial charge in [-0.05, 0) is 18.9 Å². The molecule has 0 aromatic rings. The number of rotatable bonds is 2. The Labute approximate surface area is 55.6 Å². The van der Waals surface area contributed by atoms with Crippen LogP contribution in [0.3, 0.4) is 0 Å². The Balaban J connectivity index is 2.33. The van der Waals surface area contributed by atoms with E-state index in [1.54, 1.807) is 7.05 Å². The fraction of sp³-hybridized carbons (Fsp3) is 1.00. The number of hydroxylamine groups is 1.